The Balaban J connectivity index is 1.86. The van der Waals surface area contributed by atoms with Gasteiger partial charge in [-0.2, -0.15) is 0 Å². The third kappa shape index (κ3) is 5.53. The van der Waals surface area contributed by atoms with E-state index in [1.54, 1.807) is 0 Å². The molecule has 0 aliphatic heterocycles. The van der Waals surface area contributed by atoms with Crippen molar-refractivity contribution in [2.45, 2.75) is 33.7 Å². The fourth-order valence-electron chi connectivity index (χ4n) is 2.53. The molecule has 0 radical (unpaired) electrons. The molecule has 0 saturated carbocycles. The van der Waals surface area contributed by atoms with Crippen LogP contribution in [0.25, 0.3) is 0 Å². The third-order valence-corrected chi connectivity index (χ3v) is 4.02. The van der Waals surface area contributed by atoms with Crippen LogP contribution in [-0.2, 0) is 11.3 Å². The SMILES string of the molecule is CCN(CCC(=O)Nc1cc(C)ccc1C)Cc1ccccc1. The maximum atomic E-state index is 12.2. The maximum absolute atomic E-state index is 12.2. The van der Waals surface area contributed by atoms with Crippen molar-refractivity contribution < 1.29 is 4.79 Å². The number of hydrogen-bond acceptors (Lipinski definition) is 2. The van der Waals surface area contributed by atoms with E-state index in [-0.39, 0.29) is 5.91 Å². The van der Waals surface area contributed by atoms with Gasteiger partial charge in [0.05, 0.1) is 0 Å². The van der Waals surface area contributed by atoms with Crippen LogP contribution in [0.4, 0.5) is 5.69 Å². The average molecular weight is 310 g/mol. The van der Waals surface area contributed by atoms with Gasteiger partial charge in [-0.15, -0.1) is 0 Å². The first-order valence-corrected chi connectivity index (χ1v) is 8.22. The number of hydrogen-bond donors (Lipinski definition) is 1. The molecule has 2 aromatic carbocycles. The first kappa shape index (κ1) is 17.2. The molecule has 122 valence electrons. The summed E-state index contributed by atoms with van der Waals surface area (Å²) < 4.78 is 0. The first-order valence-electron chi connectivity index (χ1n) is 8.22. The van der Waals surface area contributed by atoms with Crippen molar-refractivity contribution in [3.8, 4) is 0 Å². The highest BCUT2D eigenvalue weighted by Crippen LogP contribution is 2.16. The molecule has 0 aliphatic carbocycles. The van der Waals surface area contributed by atoms with Crippen LogP contribution in [0.2, 0.25) is 0 Å². The van der Waals surface area contributed by atoms with Crippen LogP contribution >= 0.6 is 0 Å². The van der Waals surface area contributed by atoms with E-state index in [1.807, 2.05) is 32.0 Å². The fraction of sp³-hybridized carbons (Fsp3) is 0.350. The summed E-state index contributed by atoms with van der Waals surface area (Å²) in [5, 5.41) is 3.03. The predicted molar refractivity (Wildman–Crippen MR) is 96.6 cm³/mol. The summed E-state index contributed by atoms with van der Waals surface area (Å²) in [6.45, 7) is 8.77. The molecule has 0 aromatic heterocycles. The number of nitrogens with one attached hydrogen (secondary N) is 1. The number of anilines is 1. The Hall–Kier alpha value is -2.13. The lowest BCUT2D eigenvalue weighted by molar-refractivity contribution is -0.116. The number of aryl methyl sites for hydroxylation is 2. The quantitative estimate of drug-likeness (QED) is 0.833. The molecule has 0 unspecified atom stereocenters. The van der Waals surface area contributed by atoms with Gasteiger partial charge in [-0.1, -0.05) is 49.4 Å². The van der Waals surface area contributed by atoms with Crippen LogP contribution < -0.4 is 5.32 Å². The lowest BCUT2D eigenvalue weighted by atomic mass is 10.1. The molecule has 3 heteroatoms. The molecule has 2 rings (SSSR count). The van der Waals surface area contributed by atoms with Gasteiger partial charge in [-0.05, 0) is 43.1 Å². The van der Waals surface area contributed by atoms with Gasteiger partial charge in [0.2, 0.25) is 5.91 Å². The van der Waals surface area contributed by atoms with Crippen molar-refractivity contribution in [3.63, 3.8) is 0 Å². The van der Waals surface area contributed by atoms with E-state index >= 15 is 0 Å². The summed E-state index contributed by atoms with van der Waals surface area (Å²) in [6.07, 6.45) is 0.508. The first-order chi connectivity index (χ1) is 11.1. The van der Waals surface area contributed by atoms with Gasteiger partial charge >= 0.3 is 0 Å². The number of amides is 1. The number of nitrogens with zero attached hydrogens (tertiary/aromatic N) is 1. The van der Waals surface area contributed by atoms with Gasteiger partial charge in [0.1, 0.15) is 0 Å². The smallest absolute Gasteiger partial charge is 0.225 e. The van der Waals surface area contributed by atoms with E-state index in [2.05, 4.69) is 47.5 Å². The second-order valence-corrected chi connectivity index (χ2v) is 5.97. The van der Waals surface area contributed by atoms with Gasteiger partial charge in [0, 0.05) is 25.2 Å². The highest BCUT2D eigenvalue weighted by molar-refractivity contribution is 5.91. The minimum atomic E-state index is 0.0743. The average Bonchev–Trinajstić information content (AvgIpc) is 2.56. The largest absolute Gasteiger partial charge is 0.326 e. The van der Waals surface area contributed by atoms with E-state index in [4.69, 9.17) is 0 Å². The van der Waals surface area contributed by atoms with Crippen molar-refractivity contribution in [3.05, 3.63) is 65.2 Å². The van der Waals surface area contributed by atoms with E-state index in [1.165, 1.54) is 5.56 Å². The molecular weight excluding hydrogens is 284 g/mol. The Labute approximate surface area is 139 Å². The zero-order chi connectivity index (χ0) is 16.7. The van der Waals surface area contributed by atoms with Crippen molar-refractivity contribution in [1.29, 1.82) is 0 Å². The van der Waals surface area contributed by atoms with E-state index in [0.717, 1.165) is 36.4 Å². The van der Waals surface area contributed by atoms with Gasteiger partial charge < -0.3 is 5.32 Å². The number of benzene rings is 2. The second-order valence-electron chi connectivity index (χ2n) is 5.97. The fourth-order valence-corrected chi connectivity index (χ4v) is 2.53. The summed E-state index contributed by atoms with van der Waals surface area (Å²) in [5.41, 5.74) is 4.45. The highest BCUT2D eigenvalue weighted by Gasteiger charge is 2.09. The van der Waals surface area contributed by atoms with Crippen LogP contribution in [-0.4, -0.2) is 23.9 Å². The molecular formula is C20H26N2O. The molecule has 0 atom stereocenters. The van der Waals surface area contributed by atoms with Crippen molar-refractivity contribution >= 4 is 11.6 Å². The molecule has 0 aliphatic rings. The topological polar surface area (TPSA) is 32.3 Å². The Morgan fingerprint density at radius 3 is 2.52 bits per heavy atom. The molecule has 0 bridgehead atoms. The lowest BCUT2D eigenvalue weighted by Gasteiger charge is -2.20. The Morgan fingerprint density at radius 1 is 1.09 bits per heavy atom. The molecule has 3 nitrogen and oxygen atoms in total. The second kappa shape index (κ2) is 8.49. The minimum Gasteiger partial charge on any atom is -0.326 e. The standard InChI is InChI=1S/C20H26N2O/c1-4-22(15-18-8-6-5-7-9-18)13-12-20(23)21-19-14-16(2)10-11-17(19)3/h5-11,14H,4,12-13,15H2,1-3H3,(H,21,23). The van der Waals surface area contributed by atoms with Gasteiger partial charge in [0.25, 0.3) is 0 Å². The monoisotopic (exact) mass is 310 g/mol. The highest BCUT2D eigenvalue weighted by atomic mass is 16.1. The zero-order valence-electron chi connectivity index (χ0n) is 14.3. The summed E-state index contributed by atoms with van der Waals surface area (Å²) >= 11 is 0. The molecule has 0 saturated heterocycles. The third-order valence-electron chi connectivity index (χ3n) is 4.02. The Kier molecular flexibility index (Phi) is 6.36. The van der Waals surface area contributed by atoms with E-state index in [9.17, 15) is 4.79 Å². The van der Waals surface area contributed by atoms with Crippen molar-refractivity contribution in [2.75, 3.05) is 18.4 Å². The molecule has 1 amide bonds. The van der Waals surface area contributed by atoms with Gasteiger partial charge in [-0.3, -0.25) is 9.69 Å². The van der Waals surface area contributed by atoms with Crippen LogP contribution in [0.1, 0.15) is 30.0 Å². The Morgan fingerprint density at radius 2 is 1.83 bits per heavy atom. The molecule has 2 aromatic rings. The number of carbonyl (C=O) groups is 1. The lowest BCUT2D eigenvalue weighted by Crippen LogP contribution is -2.27. The number of carbonyl (C=O) groups excluding carboxylic acids is 1. The normalized spacial score (nSPS) is 10.8. The maximum Gasteiger partial charge on any atom is 0.225 e. The van der Waals surface area contributed by atoms with E-state index < -0.39 is 0 Å². The molecule has 0 fully saturated rings. The van der Waals surface area contributed by atoms with Crippen molar-refractivity contribution in [2.24, 2.45) is 0 Å². The summed E-state index contributed by atoms with van der Waals surface area (Å²) in [4.78, 5) is 14.5. The minimum absolute atomic E-state index is 0.0743. The van der Waals surface area contributed by atoms with Crippen LogP contribution in [0.5, 0.6) is 0 Å². The summed E-state index contributed by atoms with van der Waals surface area (Å²) in [7, 11) is 0. The molecule has 0 heterocycles. The molecule has 0 spiro atoms. The van der Waals surface area contributed by atoms with Crippen LogP contribution in [0, 0.1) is 13.8 Å². The summed E-state index contributed by atoms with van der Waals surface area (Å²) in [5.74, 6) is 0.0743. The van der Waals surface area contributed by atoms with Crippen molar-refractivity contribution in [1.82, 2.24) is 4.90 Å². The predicted octanol–water partition coefficient (Wildman–Crippen LogP) is 4.15. The summed E-state index contributed by atoms with van der Waals surface area (Å²) in [6, 6.07) is 16.5. The van der Waals surface area contributed by atoms with Crippen LogP contribution in [0.3, 0.4) is 0 Å². The molecule has 1 N–H and O–H groups in total. The number of rotatable bonds is 7. The van der Waals surface area contributed by atoms with Gasteiger partial charge in [0.15, 0.2) is 0 Å². The van der Waals surface area contributed by atoms with Gasteiger partial charge in [-0.25, -0.2) is 0 Å². The Bertz CT molecular complexity index is 637. The van der Waals surface area contributed by atoms with Crippen LogP contribution in [0.15, 0.2) is 48.5 Å². The van der Waals surface area contributed by atoms with E-state index in [0.29, 0.717) is 6.42 Å². The molecule has 23 heavy (non-hydrogen) atoms. The zero-order valence-corrected chi connectivity index (χ0v) is 14.3.